The van der Waals surface area contributed by atoms with Gasteiger partial charge in [-0.3, -0.25) is 9.78 Å². The molecule has 0 aliphatic heterocycles. The molecular formula is C17H21N3O. The number of nitrogens with one attached hydrogen (secondary N) is 2. The minimum absolute atomic E-state index is 0.0768. The molecule has 0 aliphatic carbocycles. The minimum Gasteiger partial charge on any atom is -0.381 e. The second-order valence-electron chi connectivity index (χ2n) is 4.94. The van der Waals surface area contributed by atoms with Crippen LogP contribution >= 0.6 is 0 Å². The molecule has 0 spiro atoms. The van der Waals surface area contributed by atoms with Gasteiger partial charge in [0.05, 0.1) is 0 Å². The molecule has 2 rings (SSSR count). The summed E-state index contributed by atoms with van der Waals surface area (Å²) in [6.45, 7) is 2.81. The van der Waals surface area contributed by atoms with Crippen molar-refractivity contribution in [2.75, 3.05) is 10.6 Å². The molecule has 1 aromatic heterocycles. The topological polar surface area (TPSA) is 54.0 Å². The molecule has 4 heteroatoms. The molecule has 0 bridgehead atoms. The van der Waals surface area contributed by atoms with Gasteiger partial charge < -0.3 is 10.6 Å². The van der Waals surface area contributed by atoms with Gasteiger partial charge in [-0.15, -0.1) is 0 Å². The first-order valence-electron chi connectivity index (χ1n) is 7.30. The second kappa shape index (κ2) is 8.04. The average Bonchev–Trinajstić information content (AvgIpc) is 2.53. The summed E-state index contributed by atoms with van der Waals surface area (Å²) in [6.07, 6.45) is 6.15. The van der Waals surface area contributed by atoms with Crippen LogP contribution in [0.2, 0.25) is 0 Å². The first kappa shape index (κ1) is 15.0. The lowest BCUT2D eigenvalue weighted by molar-refractivity contribution is -0.116. The van der Waals surface area contributed by atoms with E-state index in [4.69, 9.17) is 0 Å². The number of hydrogen-bond donors (Lipinski definition) is 2. The van der Waals surface area contributed by atoms with Crippen LogP contribution in [0, 0.1) is 0 Å². The molecule has 0 saturated carbocycles. The number of nitrogens with zero attached hydrogens (tertiary/aromatic N) is 1. The molecule has 1 aromatic carbocycles. The fraction of sp³-hybridized carbons (Fsp3) is 0.294. The summed E-state index contributed by atoms with van der Waals surface area (Å²) in [4.78, 5) is 15.7. The summed E-state index contributed by atoms with van der Waals surface area (Å²) in [6, 6.07) is 11.7. The molecule has 0 atom stereocenters. The number of pyridine rings is 1. The molecule has 4 nitrogen and oxygen atoms in total. The van der Waals surface area contributed by atoms with Crippen LogP contribution in [-0.2, 0) is 11.3 Å². The number of aromatic nitrogens is 1. The summed E-state index contributed by atoms with van der Waals surface area (Å²) in [5, 5.41) is 6.22. The maximum absolute atomic E-state index is 11.6. The Hall–Kier alpha value is -2.36. The molecule has 0 unspecified atom stereocenters. The van der Waals surface area contributed by atoms with E-state index < -0.39 is 0 Å². The fourth-order valence-corrected chi connectivity index (χ4v) is 1.94. The Morgan fingerprint density at radius 2 is 1.90 bits per heavy atom. The lowest BCUT2D eigenvalue weighted by Crippen LogP contribution is -2.10. The van der Waals surface area contributed by atoms with Crippen LogP contribution in [0.5, 0.6) is 0 Å². The van der Waals surface area contributed by atoms with E-state index in [2.05, 4.69) is 22.5 Å². The van der Waals surface area contributed by atoms with Gasteiger partial charge in [-0.25, -0.2) is 0 Å². The summed E-state index contributed by atoms with van der Waals surface area (Å²) < 4.78 is 0. The number of anilines is 2. The van der Waals surface area contributed by atoms with Gasteiger partial charge in [0, 0.05) is 36.7 Å². The number of benzene rings is 1. The molecule has 1 amide bonds. The van der Waals surface area contributed by atoms with Crippen molar-refractivity contribution in [1.29, 1.82) is 0 Å². The Bertz CT molecular complexity index is 552. The molecule has 110 valence electrons. The molecular weight excluding hydrogens is 262 g/mol. The number of rotatable bonds is 7. The summed E-state index contributed by atoms with van der Waals surface area (Å²) >= 11 is 0. The quantitative estimate of drug-likeness (QED) is 0.812. The van der Waals surface area contributed by atoms with E-state index in [9.17, 15) is 4.79 Å². The first-order valence-corrected chi connectivity index (χ1v) is 7.30. The van der Waals surface area contributed by atoms with Crippen LogP contribution in [0.3, 0.4) is 0 Å². The van der Waals surface area contributed by atoms with Crippen molar-refractivity contribution < 1.29 is 4.79 Å². The smallest absolute Gasteiger partial charge is 0.224 e. The Morgan fingerprint density at radius 3 is 2.57 bits per heavy atom. The van der Waals surface area contributed by atoms with Crippen LogP contribution in [0.1, 0.15) is 31.7 Å². The third kappa shape index (κ3) is 5.26. The highest BCUT2D eigenvalue weighted by Gasteiger charge is 2.01. The SMILES string of the molecule is CCCCC(=O)Nc1ccc(NCc2cccnc2)cc1. The normalized spacial score (nSPS) is 10.1. The van der Waals surface area contributed by atoms with Gasteiger partial charge in [-0.1, -0.05) is 19.4 Å². The highest BCUT2D eigenvalue weighted by Crippen LogP contribution is 2.15. The van der Waals surface area contributed by atoms with Crippen LogP contribution in [0.4, 0.5) is 11.4 Å². The summed E-state index contributed by atoms with van der Waals surface area (Å²) in [7, 11) is 0. The first-order chi connectivity index (χ1) is 10.3. The fourth-order valence-electron chi connectivity index (χ4n) is 1.94. The Kier molecular flexibility index (Phi) is 5.76. The largest absolute Gasteiger partial charge is 0.381 e. The lowest BCUT2D eigenvalue weighted by atomic mass is 10.2. The van der Waals surface area contributed by atoms with Crippen LogP contribution < -0.4 is 10.6 Å². The summed E-state index contributed by atoms with van der Waals surface area (Å²) in [5.74, 6) is 0.0768. The second-order valence-corrected chi connectivity index (χ2v) is 4.94. The molecule has 0 saturated heterocycles. The van der Waals surface area contributed by atoms with Gasteiger partial charge in [0.25, 0.3) is 0 Å². The Morgan fingerprint density at radius 1 is 1.14 bits per heavy atom. The molecule has 2 aromatic rings. The van der Waals surface area contributed by atoms with Gasteiger partial charge in [-0.2, -0.15) is 0 Å². The molecule has 0 radical (unpaired) electrons. The van der Waals surface area contributed by atoms with Crippen molar-refractivity contribution in [3.05, 3.63) is 54.4 Å². The number of unbranched alkanes of at least 4 members (excludes halogenated alkanes) is 1. The van der Waals surface area contributed by atoms with E-state index in [0.29, 0.717) is 6.42 Å². The highest BCUT2D eigenvalue weighted by molar-refractivity contribution is 5.90. The number of carbonyl (C=O) groups excluding carboxylic acids is 1. The van der Waals surface area contributed by atoms with Gasteiger partial charge in [0.15, 0.2) is 0 Å². The number of carbonyl (C=O) groups is 1. The zero-order chi connectivity index (χ0) is 14.9. The maximum atomic E-state index is 11.6. The van der Waals surface area contributed by atoms with Gasteiger partial charge in [-0.05, 0) is 42.3 Å². The Balaban J connectivity index is 1.83. The molecule has 21 heavy (non-hydrogen) atoms. The van der Waals surface area contributed by atoms with E-state index in [-0.39, 0.29) is 5.91 Å². The summed E-state index contributed by atoms with van der Waals surface area (Å²) in [5.41, 5.74) is 2.99. The van der Waals surface area contributed by atoms with Crippen molar-refractivity contribution in [3.63, 3.8) is 0 Å². The highest BCUT2D eigenvalue weighted by atomic mass is 16.1. The monoisotopic (exact) mass is 283 g/mol. The van der Waals surface area contributed by atoms with E-state index in [1.807, 2.05) is 42.6 Å². The number of amides is 1. The van der Waals surface area contributed by atoms with Crippen LogP contribution in [0.25, 0.3) is 0 Å². The van der Waals surface area contributed by atoms with E-state index in [1.54, 1.807) is 6.20 Å². The van der Waals surface area contributed by atoms with Crippen molar-refractivity contribution in [3.8, 4) is 0 Å². The van der Waals surface area contributed by atoms with Gasteiger partial charge in [0.2, 0.25) is 5.91 Å². The Labute approximate surface area is 125 Å². The predicted octanol–water partition coefficient (Wildman–Crippen LogP) is 3.82. The van der Waals surface area contributed by atoms with E-state index in [0.717, 1.165) is 36.3 Å². The third-order valence-electron chi connectivity index (χ3n) is 3.15. The van der Waals surface area contributed by atoms with Gasteiger partial charge >= 0.3 is 0 Å². The molecule has 1 heterocycles. The average molecular weight is 283 g/mol. The lowest BCUT2D eigenvalue weighted by Gasteiger charge is -2.08. The maximum Gasteiger partial charge on any atom is 0.224 e. The minimum atomic E-state index is 0.0768. The van der Waals surface area contributed by atoms with E-state index in [1.165, 1.54) is 0 Å². The van der Waals surface area contributed by atoms with Crippen LogP contribution in [-0.4, -0.2) is 10.9 Å². The number of hydrogen-bond acceptors (Lipinski definition) is 3. The van der Waals surface area contributed by atoms with Crippen molar-refractivity contribution in [2.45, 2.75) is 32.7 Å². The van der Waals surface area contributed by atoms with E-state index >= 15 is 0 Å². The van der Waals surface area contributed by atoms with Crippen molar-refractivity contribution >= 4 is 17.3 Å². The van der Waals surface area contributed by atoms with Crippen LogP contribution in [0.15, 0.2) is 48.8 Å². The van der Waals surface area contributed by atoms with Crippen molar-refractivity contribution in [2.24, 2.45) is 0 Å². The molecule has 0 fully saturated rings. The molecule has 2 N–H and O–H groups in total. The van der Waals surface area contributed by atoms with Crippen molar-refractivity contribution in [1.82, 2.24) is 4.98 Å². The standard InChI is InChI=1S/C17H21N3O/c1-2-3-6-17(21)20-16-9-7-15(8-10-16)19-13-14-5-4-11-18-12-14/h4-5,7-12,19H,2-3,6,13H2,1H3,(H,20,21). The van der Waals surface area contributed by atoms with Gasteiger partial charge in [0.1, 0.15) is 0 Å². The molecule has 0 aliphatic rings. The predicted molar refractivity (Wildman–Crippen MR) is 86.2 cm³/mol. The third-order valence-corrected chi connectivity index (χ3v) is 3.15. The zero-order valence-electron chi connectivity index (χ0n) is 12.3. The zero-order valence-corrected chi connectivity index (χ0v) is 12.3.